The Balaban J connectivity index is 1.57. The minimum Gasteiger partial charge on any atom is -0.452 e. The average molecular weight is 482 g/mol. The number of nitrogens with zero attached hydrogens (tertiary/aromatic N) is 1. The van der Waals surface area contributed by atoms with Crippen LogP contribution in [0.3, 0.4) is 0 Å². The molecule has 1 aliphatic heterocycles. The van der Waals surface area contributed by atoms with Crippen LogP contribution in [0.5, 0.6) is 0 Å². The highest BCUT2D eigenvalue weighted by molar-refractivity contribution is 9.10. The van der Waals surface area contributed by atoms with Crippen molar-refractivity contribution in [1.82, 2.24) is 0 Å². The van der Waals surface area contributed by atoms with E-state index in [-0.39, 0.29) is 10.5 Å². The number of sulfonamides is 1. The Morgan fingerprint density at radius 3 is 2.38 bits per heavy atom. The lowest BCUT2D eigenvalue weighted by Gasteiger charge is -2.17. The van der Waals surface area contributed by atoms with Crippen LogP contribution in [0.25, 0.3) is 0 Å². The number of ether oxygens (including phenoxy) is 1. The molecule has 0 aromatic heterocycles. The maximum absolute atomic E-state index is 12.2. The van der Waals surface area contributed by atoms with E-state index >= 15 is 0 Å². The maximum Gasteiger partial charge on any atom is 0.339 e. The van der Waals surface area contributed by atoms with Crippen molar-refractivity contribution in [2.45, 2.75) is 17.7 Å². The number of hydrogen-bond acceptors (Lipinski definition) is 6. The Morgan fingerprint density at radius 2 is 1.76 bits per heavy atom. The maximum atomic E-state index is 12.2. The van der Waals surface area contributed by atoms with E-state index in [2.05, 4.69) is 26.1 Å². The first-order valence-corrected chi connectivity index (χ1v) is 11.2. The molecule has 1 fully saturated rings. The highest BCUT2D eigenvalue weighted by Crippen LogP contribution is 2.23. The van der Waals surface area contributed by atoms with Gasteiger partial charge >= 0.3 is 5.97 Å². The summed E-state index contributed by atoms with van der Waals surface area (Å²) in [5, 5.41) is 7.73. The summed E-state index contributed by atoms with van der Waals surface area (Å²) in [6.45, 7) is 1.55. The quantitative estimate of drug-likeness (QED) is 0.611. The van der Waals surface area contributed by atoms with E-state index in [0.717, 1.165) is 24.8 Å². The van der Waals surface area contributed by atoms with E-state index in [0.29, 0.717) is 10.2 Å². The second-order valence-electron chi connectivity index (χ2n) is 6.55. The van der Waals surface area contributed by atoms with E-state index in [1.54, 1.807) is 12.1 Å². The third-order valence-corrected chi connectivity index (χ3v) is 6.05. The molecule has 0 aliphatic carbocycles. The Labute approximate surface area is 177 Å². The molecule has 0 unspecified atom stereocenters. The van der Waals surface area contributed by atoms with Crippen molar-refractivity contribution in [1.29, 1.82) is 0 Å². The molecule has 0 radical (unpaired) electrons. The summed E-state index contributed by atoms with van der Waals surface area (Å²) in [5.74, 6) is -1.35. The first-order valence-electron chi connectivity index (χ1n) is 8.88. The first kappa shape index (κ1) is 21.3. The van der Waals surface area contributed by atoms with Gasteiger partial charge in [0.25, 0.3) is 5.91 Å². The van der Waals surface area contributed by atoms with Crippen LogP contribution in [0.2, 0.25) is 0 Å². The van der Waals surface area contributed by atoms with Crippen LogP contribution in [-0.2, 0) is 19.6 Å². The number of nitrogens with two attached hydrogens (primary N) is 1. The molecule has 2 aromatic carbocycles. The zero-order chi connectivity index (χ0) is 21.0. The minimum atomic E-state index is -3.97. The van der Waals surface area contributed by atoms with E-state index in [1.165, 1.54) is 25.0 Å². The fraction of sp³-hybridized carbons (Fsp3) is 0.263. The molecule has 1 saturated heterocycles. The zero-order valence-electron chi connectivity index (χ0n) is 15.4. The smallest absolute Gasteiger partial charge is 0.339 e. The summed E-state index contributed by atoms with van der Waals surface area (Å²) in [6.07, 6.45) is 2.36. The summed E-state index contributed by atoms with van der Waals surface area (Å²) < 4.78 is 28.2. The number of nitrogens with one attached hydrogen (secondary N) is 1. The van der Waals surface area contributed by atoms with Crippen molar-refractivity contribution in [3.05, 3.63) is 52.5 Å². The SMILES string of the molecule is NS(=O)(=O)c1ccc(Br)c(C(=O)OCC(=O)Nc2ccc(N3CCCC3)cc2)c1. The van der Waals surface area contributed by atoms with Gasteiger partial charge in [0.2, 0.25) is 10.0 Å². The number of halogens is 1. The average Bonchev–Trinajstić information content (AvgIpc) is 3.21. The summed E-state index contributed by atoms with van der Waals surface area (Å²) in [7, 11) is -3.97. The number of primary sulfonamides is 1. The molecule has 0 spiro atoms. The number of benzene rings is 2. The topological polar surface area (TPSA) is 119 Å². The second kappa shape index (κ2) is 8.93. The number of carbonyl (C=O) groups is 2. The van der Waals surface area contributed by atoms with Gasteiger partial charge in [-0.15, -0.1) is 0 Å². The summed E-state index contributed by atoms with van der Waals surface area (Å²) >= 11 is 3.15. The lowest BCUT2D eigenvalue weighted by Crippen LogP contribution is -2.21. The highest BCUT2D eigenvalue weighted by atomic mass is 79.9. The van der Waals surface area contributed by atoms with Crippen molar-refractivity contribution in [3.63, 3.8) is 0 Å². The Bertz CT molecular complexity index is 1020. The van der Waals surface area contributed by atoms with Gasteiger partial charge in [-0.05, 0) is 71.2 Å². The largest absolute Gasteiger partial charge is 0.452 e. The molecule has 1 heterocycles. The second-order valence-corrected chi connectivity index (χ2v) is 8.97. The van der Waals surface area contributed by atoms with Gasteiger partial charge in [-0.3, -0.25) is 4.79 Å². The molecule has 8 nitrogen and oxygen atoms in total. The fourth-order valence-electron chi connectivity index (χ4n) is 2.97. The normalized spacial score (nSPS) is 13.9. The zero-order valence-corrected chi connectivity index (χ0v) is 17.8. The predicted molar refractivity (Wildman–Crippen MR) is 112 cm³/mol. The van der Waals surface area contributed by atoms with Gasteiger partial charge < -0.3 is 15.0 Å². The van der Waals surface area contributed by atoms with E-state index in [4.69, 9.17) is 9.88 Å². The summed E-state index contributed by atoms with van der Waals surface area (Å²) in [5.41, 5.74) is 1.65. The monoisotopic (exact) mass is 481 g/mol. The first-order chi connectivity index (χ1) is 13.7. The minimum absolute atomic E-state index is 0.0423. The molecule has 1 aliphatic rings. The number of amides is 1. The van der Waals surface area contributed by atoms with Crippen LogP contribution in [-0.4, -0.2) is 40.0 Å². The molecule has 1 amide bonds. The van der Waals surface area contributed by atoms with Crippen molar-refractivity contribution >= 4 is 49.2 Å². The van der Waals surface area contributed by atoms with Crippen molar-refractivity contribution < 1.29 is 22.7 Å². The van der Waals surface area contributed by atoms with Gasteiger partial charge in [-0.1, -0.05) is 0 Å². The Kier molecular flexibility index (Phi) is 6.56. The van der Waals surface area contributed by atoms with Crippen LogP contribution in [0.15, 0.2) is 51.8 Å². The van der Waals surface area contributed by atoms with E-state index in [9.17, 15) is 18.0 Å². The Morgan fingerprint density at radius 1 is 1.10 bits per heavy atom. The predicted octanol–water partition coefficient (Wildman–Crippen LogP) is 2.49. The van der Waals surface area contributed by atoms with Crippen LogP contribution in [0.1, 0.15) is 23.2 Å². The molecule has 10 heteroatoms. The number of rotatable bonds is 6. The molecule has 3 rings (SSSR count). The molecular formula is C19H20BrN3O5S. The standard InChI is InChI=1S/C19H20BrN3O5S/c20-17-8-7-15(29(21,26)27)11-16(17)19(25)28-12-18(24)22-13-3-5-14(6-4-13)23-9-1-2-10-23/h3-8,11H,1-2,9-10,12H2,(H,22,24)(H2,21,26,27). The van der Waals surface area contributed by atoms with Gasteiger partial charge in [-0.2, -0.15) is 0 Å². The van der Waals surface area contributed by atoms with Gasteiger partial charge in [-0.25, -0.2) is 18.4 Å². The van der Waals surface area contributed by atoms with Crippen LogP contribution in [0.4, 0.5) is 11.4 Å². The van der Waals surface area contributed by atoms with E-state index in [1.807, 2.05) is 12.1 Å². The third-order valence-electron chi connectivity index (χ3n) is 4.44. The lowest BCUT2D eigenvalue weighted by molar-refractivity contribution is -0.119. The van der Waals surface area contributed by atoms with Gasteiger partial charge in [0, 0.05) is 28.9 Å². The highest BCUT2D eigenvalue weighted by Gasteiger charge is 2.18. The van der Waals surface area contributed by atoms with Gasteiger partial charge in [0.05, 0.1) is 10.5 Å². The van der Waals surface area contributed by atoms with Gasteiger partial charge in [0.15, 0.2) is 6.61 Å². The molecule has 2 aromatic rings. The van der Waals surface area contributed by atoms with E-state index < -0.39 is 28.5 Å². The number of carbonyl (C=O) groups excluding carboxylic acids is 2. The molecule has 29 heavy (non-hydrogen) atoms. The van der Waals surface area contributed by atoms with Crippen molar-refractivity contribution in [2.75, 3.05) is 29.9 Å². The van der Waals surface area contributed by atoms with Gasteiger partial charge in [0.1, 0.15) is 0 Å². The van der Waals surface area contributed by atoms with Crippen molar-refractivity contribution in [2.24, 2.45) is 5.14 Å². The number of anilines is 2. The third kappa shape index (κ3) is 5.55. The molecule has 0 atom stereocenters. The summed E-state index contributed by atoms with van der Waals surface area (Å²) in [4.78, 5) is 26.3. The van der Waals surface area contributed by atoms with Crippen LogP contribution < -0.4 is 15.4 Å². The Hall–Kier alpha value is -2.43. The number of hydrogen-bond donors (Lipinski definition) is 2. The molecule has 0 bridgehead atoms. The molecular weight excluding hydrogens is 462 g/mol. The van der Waals surface area contributed by atoms with Crippen LogP contribution >= 0.6 is 15.9 Å². The molecule has 154 valence electrons. The number of esters is 1. The lowest BCUT2D eigenvalue weighted by atomic mass is 10.2. The summed E-state index contributed by atoms with van der Waals surface area (Å²) in [6, 6.07) is 11.2. The fourth-order valence-corrected chi connectivity index (χ4v) is 3.92. The van der Waals surface area contributed by atoms with Crippen molar-refractivity contribution in [3.8, 4) is 0 Å². The molecule has 3 N–H and O–H groups in total. The molecule has 0 saturated carbocycles. The van der Waals surface area contributed by atoms with Crippen LogP contribution in [0, 0.1) is 0 Å².